The Hall–Kier alpha value is -6.23. The number of thiophene rings is 1. The Kier molecular flexibility index (Phi) is 5.54. The minimum Gasteiger partial charge on any atom is -0.254 e. The lowest BCUT2D eigenvalue weighted by Gasteiger charge is -2.19. The highest BCUT2D eigenvalue weighted by molar-refractivity contribution is 7.26. The maximum Gasteiger partial charge on any atom is 0.0972 e. The first-order chi connectivity index (χ1) is 24.3. The van der Waals surface area contributed by atoms with Crippen LogP contribution in [0.25, 0.3) is 108 Å². The van der Waals surface area contributed by atoms with Crippen LogP contribution in [0.1, 0.15) is 0 Å². The van der Waals surface area contributed by atoms with E-state index in [9.17, 15) is 0 Å². The molecule has 4 heteroatoms. The second-order valence-corrected chi connectivity index (χ2v) is 13.7. The van der Waals surface area contributed by atoms with Crippen molar-refractivity contribution in [1.82, 2.24) is 15.0 Å². The smallest absolute Gasteiger partial charge is 0.0972 e. The average molecular weight is 640 g/mol. The lowest BCUT2D eigenvalue weighted by molar-refractivity contribution is 1.38. The summed E-state index contributed by atoms with van der Waals surface area (Å²) in [5.74, 6) is 0. The van der Waals surface area contributed by atoms with E-state index in [1.165, 1.54) is 30.9 Å². The molecule has 0 aliphatic rings. The zero-order valence-electron chi connectivity index (χ0n) is 26.2. The summed E-state index contributed by atoms with van der Waals surface area (Å²) in [7, 11) is 0. The van der Waals surface area contributed by atoms with Crippen LogP contribution in [0.2, 0.25) is 0 Å². The maximum absolute atomic E-state index is 5.55. The first-order valence-electron chi connectivity index (χ1n) is 16.5. The summed E-state index contributed by atoms with van der Waals surface area (Å²) < 4.78 is 2.60. The molecule has 0 fully saturated rings. The fourth-order valence-electron chi connectivity index (χ4n) is 7.93. The molecule has 226 valence electrons. The summed E-state index contributed by atoms with van der Waals surface area (Å²) in [6, 6.07) is 52.1. The van der Waals surface area contributed by atoms with Gasteiger partial charge in [0.05, 0.1) is 27.9 Å². The van der Waals surface area contributed by atoms with Crippen molar-refractivity contribution in [2.45, 2.75) is 0 Å². The highest BCUT2D eigenvalue weighted by Crippen LogP contribution is 2.47. The molecule has 0 aliphatic heterocycles. The molecule has 4 aromatic heterocycles. The van der Waals surface area contributed by atoms with Crippen molar-refractivity contribution < 1.29 is 0 Å². The SMILES string of the molecule is c1cnc2c(c1)ccc1ccc(-c3c4ccccc4c(-c4nc5ccc6c7ccccc7sc6c5c5ccccc45)c4ccccc34)nc12. The topological polar surface area (TPSA) is 38.7 Å². The largest absolute Gasteiger partial charge is 0.254 e. The van der Waals surface area contributed by atoms with E-state index in [0.717, 1.165) is 76.8 Å². The predicted octanol–water partition coefficient (Wildman–Crippen LogP) is 12.5. The van der Waals surface area contributed by atoms with Gasteiger partial charge in [-0.2, -0.15) is 0 Å². The minimum atomic E-state index is 0.919. The van der Waals surface area contributed by atoms with Gasteiger partial charge in [0.2, 0.25) is 0 Å². The Morgan fingerprint density at radius 3 is 1.78 bits per heavy atom. The molecule has 0 radical (unpaired) electrons. The minimum absolute atomic E-state index is 0.919. The van der Waals surface area contributed by atoms with Crippen molar-refractivity contribution in [3.63, 3.8) is 0 Å². The summed E-state index contributed by atoms with van der Waals surface area (Å²) in [4.78, 5) is 15.6. The van der Waals surface area contributed by atoms with Crippen molar-refractivity contribution in [2.75, 3.05) is 0 Å². The first kappa shape index (κ1) is 26.8. The average Bonchev–Trinajstić information content (AvgIpc) is 3.55. The fraction of sp³-hybridized carbons (Fsp3) is 0. The van der Waals surface area contributed by atoms with E-state index in [1.807, 2.05) is 23.6 Å². The van der Waals surface area contributed by atoms with E-state index in [0.29, 0.717) is 0 Å². The number of nitrogens with zero attached hydrogens (tertiary/aromatic N) is 3. The van der Waals surface area contributed by atoms with Gasteiger partial charge in [0.1, 0.15) is 0 Å². The number of hydrogen-bond acceptors (Lipinski definition) is 4. The molecular weight excluding hydrogens is 615 g/mol. The Morgan fingerprint density at radius 2 is 1.02 bits per heavy atom. The van der Waals surface area contributed by atoms with Crippen LogP contribution >= 0.6 is 11.3 Å². The Morgan fingerprint density at radius 1 is 0.408 bits per heavy atom. The van der Waals surface area contributed by atoms with Gasteiger partial charge in [0, 0.05) is 59.0 Å². The highest BCUT2D eigenvalue weighted by Gasteiger charge is 2.22. The van der Waals surface area contributed by atoms with E-state index in [2.05, 4.69) is 140 Å². The van der Waals surface area contributed by atoms with Gasteiger partial charge in [-0.15, -0.1) is 11.3 Å². The monoisotopic (exact) mass is 639 g/mol. The first-order valence-corrected chi connectivity index (χ1v) is 17.3. The van der Waals surface area contributed by atoms with Crippen LogP contribution in [0, 0.1) is 0 Å². The number of pyridine rings is 3. The van der Waals surface area contributed by atoms with Gasteiger partial charge in [0.15, 0.2) is 0 Å². The number of hydrogen-bond donors (Lipinski definition) is 0. The van der Waals surface area contributed by atoms with Crippen molar-refractivity contribution in [1.29, 1.82) is 0 Å². The van der Waals surface area contributed by atoms with Gasteiger partial charge in [-0.3, -0.25) is 4.98 Å². The lowest BCUT2D eigenvalue weighted by atomic mass is 9.87. The van der Waals surface area contributed by atoms with Gasteiger partial charge >= 0.3 is 0 Å². The highest BCUT2D eigenvalue weighted by atomic mass is 32.1. The quantitative estimate of drug-likeness (QED) is 0.140. The molecule has 0 amide bonds. The number of fused-ring (bicyclic) bond motifs is 12. The Labute approximate surface area is 284 Å². The van der Waals surface area contributed by atoms with E-state index in [-0.39, 0.29) is 0 Å². The third-order valence-electron chi connectivity index (χ3n) is 10.1. The Balaban J connectivity index is 1.26. The number of benzene rings is 7. The second kappa shape index (κ2) is 10.1. The molecule has 0 N–H and O–H groups in total. The van der Waals surface area contributed by atoms with Gasteiger partial charge in [-0.05, 0) is 51.2 Å². The molecule has 7 aromatic carbocycles. The molecule has 0 atom stereocenters. The summed E-state index contributed by atoms with van der Waals surface area (Å²) in [6.45, 7) is 0. The van der Waals surface area contributed by atoms with Gasteiger partial charge < -0.3 is 0 Å². The Bertz CT molecular complexity index is 3120. The molecule has 0 saturated heterocycles. The molecule has 0 bridgehead atoms. The van der Waals surface area contributed by atoms with Gasteiger partial charge in [-0.25, -0.2) is 9.97 Å². The van der Waals surface area contributed by atoms with Crippen LogP contribution < -0.4 is 0 Å². The van der Waals surface area contributed by atoms with Crippen molar-refractivity contribution in [3.05, 3.63) is 152 Å². The van der Waals surface area contributed by atoms with Crippen LogP contribution in [0.3, 0.4) is 0 Å². The van der Waals surface area contributed by atoms with E-state index in [1.54, 1.807) is 0 Å². The van der Waals surface area contributed by atoms with Crippen LogP contribution in [0.15, 0.2) is 152 Å². The third kappa shape index (κ3) is 3.80. The van der Waals surface area contributed by atoms with Crippen molar-refractivity contribution in [2.24, 2.45) is 0 Å². The zero-order chi connectivity index (χ0) is 32.1. The van der Waals surface area contributed by atoms with Crippen molar-refractivity contribution >= 4 is 96.5 Å². The predicted molar refractivity (Wildman–Crippen MR) is 209 cm³/mol. The van der Waals surface area contributed by atoms with Crippen LogP contribution in [-0.4, -0.2) is 15.0 Å². The third-order valence-corrected chi connectivity index (χ3v) is 11.3. The molecule has 0 aliphatic carbocycles. The summed E-state index contributed by atoms with van der Waals surface area (Å²) in [6.07, 6.45) is 1.85. The van der Waals surface area contributed by atoms with Gasteiger partial charge in [-0.1, -0.05) is 121 Å². The van der Waals surface area contributed by atoms with E-state index < -0.39 is 0 Å². The van der Waals surface area contributed by atoms with Crippen LogP contribution in [-0.2, 0) is 0 Å². The normalized spacial score (nSPS) is 12.1. The molecule has 11 rings (SSSR count). The second-order valence-electron chi connectivity index (χ2n) is 12.7. The molecule has 11 aromatic rings. The number of aromatic nitrogens is 3. The van der Waals surface area contributed by atoms with Crippen LogP contribution in [0.5, 0.6) is 0 Å². The van der Waals surface area contributed by atoms with Crippen molar-refractivity contribution in [3.8, 4) is 22.5 Å². The van der Waals surface area contributed by atoms with Gasteiger partial charge in [0.25, 0.3) is 0 Å². The molecule has 0 unspecified atom stereocenters. The van der Waals surface area contributed by atoms with Crippen LogP contribution in [0.4, 0.5) is 0 Å². The molecule has 0 spiro atoms. The molecule has 4 heterocycles. The summed E-state index contributed by atoms with van der Waals surface area (Å²) in [5, 5.41) is 13.0. The molecule has 0 saturated carbocycles. The molecular formula is C45H25N3S. The fourth-order valence-corrected chi connectivity index (χ4v) is 9.19. The summed E-state index contributed by atoms with van der Waals surface area (Å²) in [5.41, 5.74) is 7.08. The lowest BCUT2D eigenvalue weighted by Crippen LogP contribution is -1.96. The van der Waals surface area contributed by atoms with E-state index >= 15 is 0 Å². The number of rotatable bonds is 2. The standard InChI is InChI=1S/C45H25N3S/c1-3-14-31-29(12-1)39(36-23-21-27-20-19-26-10-9-25-46-42(26)43(27)47-36)30-13-2-4-15-32(30)40(31)44-34-17-6-5-16-33(34)41-37(48-44)24-22-35-28-11-7-8-18-38(28)49-45(35)41/h1-25H. The maximum atomic E-state index is 5.55. The zero-order valence-corrected chi connectivity index (χ0v) is 27.0. The summed E-state index contributed by atoms with van der Waals surface area (Å²) >= 11 is 1.86. The van der Waals surface area contributed by atoms with E-state index in [4.69, 9.17) is 15.0 Å². The molecule has 49 heavy (non-hydrogen) atoms. The molecule has 3 nitrogen and oxygen atoms in total.